The topological polar surface area (TPSA) is 59.6 Å². The summed E-state index contributed by atoms with van der Waals surface area (Å²) >= 11 is 0. The molecule has 5 nitrogen and oxygen atoms in total. The van der Waals surface area contributed by atoms with Crippen molar-refractivity contribution in [1.29, 1.82) is 0 Å². The molecule has 1 heterocycles. The smallest absolute Gasteiger partial charge is 0.258 e. The van der Waals surface area contributed by atoms with Crippen molar-refractivity contribution in [2.24, 2.45) is 0 Å². The number of amides is 1. The van der Waals surface area contributed by atoms with Crippen molar-refractivity contribution in [2.45, 2.75) is 6.10 Å². The number of ether oxygens (including phenoxy) is 2. The van der Waals surface area contributed by atoms with Crippen LogP contribution >= 0.6 is 0 Å². The van der Waals surface area contributed by atoms with E-state index >= 15 is 0 Å². The van der Waals surface area contributed by atoms with Gasteiger partial charge < -0.3 is 20.1 Å². The average Bonchev–Trinajstić information content (AvgIpc) is 2.63. The molecule has 0 spiro atoms. The van der Waals surface area contributed by atoms with Gasteiger partial charge in [0.2, 0.25) is 0 Å². The second kappa shape index (κ2) is 7.23. The minimum atomic E-state index is -0.700. The van der Waals surface area contributed by atoms with E-state index in [9.17, 15) is 4.79 Å². The van der Waals surface area contributed by atoms with Crippen LogP contribution in [0.5, 0.6) is 5.75 Å². The standard InChI is InChI=1S/C20H20N2O3/c1-13-16-12-18(24-2)17(11-15(16)9-10-21-13)22-20(23)19(25-3)14-7-5-4-6-8-14/h4-12,19,21H,1H2,2-3H3,(H,22,23)/t19-/m0/s1. The Morgan fingerprint density at radius 2 is 1.96 bits per heavy atom. The zero-order chi connectivity index (χ0) is 17.8. The summed E-state index contributed by atoms with van der Waals surface area (Å²) < 4.78 is 10.8. The summed E-state index contributed by atoms with van der Waals surface area (Å²) in [5.41, 5.74) is 4.05. The van der Waals surface area contributed by atoms with Crippen LogP contribution in [0.2, 0.25) is 0 Å². The van der Waals surface area contributed by atoms with Crippen LogP contribution in [0.3, 0.4) is 0 Å². The van der Waals surface area contributed by atoms with Crippen molar-refractivity contribution in [3.8, 4) is 5.75 Å². The van der Waals surface area contributed by atoms with E-state index in [1.165, 1.54) is 7.11 Å². The van der Waals surface area contributed by atoms with E-state index in [4.69, 9.17) is 9.47 Å². The Kier molecular flexibility index (Phi) is 4.86. The number of fused-ring (bicyclic) bond motifs is 1. The first kappa shape index (κ1) is 16.8. The highest BCUT2D eigenvalue weighted by Crippen LogP contribution is 2.34. The molecule has 0 unspecified atom stereocenters. The van der Waals surface area contributed by atoms with Crippen molar-refractivity contribution >= 4 is 23.4 Å². The number of carbonyl (C=O) groups excluding carboxylic acids is 1. The summed E-state index contributed by atoms with van der Waals surface area (Å²) in [7, 11) is 3.08. The molecule has 0 aliphatic carbocycles. The van der Waals surface area contributed by atoms with Crippen LogP contribution in [0.15, 0.2) is 55.2 Å². The van der Waals surface area contributed by atoms with E-state index in [2.05, 4.69) is 17.2 Å². The van der Waals surface area contributed by atoms with Crippen LogP contribution in [0.4, 0.5) is 5.69 Å². The third-order valence-corrected chi connectivity index (χ3v) is 4.05. The van der Waals surface area contributed by atoms with E-state index in [0.717, 1.165) is 22.4 Å². The Morgan fingerprint density at radius 3 is 2.64 bits per heavy atom. The van der Waals surface area contributed by atoms with Gasteiger partial charge in [-0.15, -0.1) is 0 Å². The van der Waals surface area contributed by atoms with E-state index in [0.29, 0.717) is 11.4 Å². The number of nitrogens with one attached hydrogen (secondary N) is 2. The molecule has 1 atom stereocenters. The SMILES string of the molecule is C=C1NC=Cc2cc(NC(=O)[C@@H](OC)c3ccccc3)c(OC)cc21. The summed E-state index contributed by atoms with van der Waals surface area (Å²) in [5, 5.41) is 5.96. The highest BCUT2D eigenvalue weighted by molar-refractivity contribution is 5.97. The normalized spacial score (nSPS) is 13.6. The lowest BCUT2D eigenvalue weighted by Crippen LogP contribution is -2.23. The molecule has 0 fully saturated rings. The first-order valence-corrected chi connectivity index (χ1v) is 7.87. The fraction of sp³-hybridized carbons (Fsp3) is 0.150. The van der Waals surface area contributed by atoms with Crippen molar-refractivity contribution in [1.82, 2.24) is 5.32 Å². The molecule has 2 N–H and O–H groups in total. The molecule has 25 heavy (non-hydrogen) atoms. The van der Waals surface area contributed by atoms with Gasteiger partial charge in [-0.1, -0.05) is 36.9 Å². The van der Waals surface area contributed by atoms with Crippen molar-refractivity contribution in [2.75, 3.05) is 19.5 Å². The van der Waals surface area contributed by atoms with Crippen LogP contribution in [-0.4, -0.2) is 20.1 Å². The number of hydrogen-bond donors (Lipinski definition) is 2. The van der Waals surface area contributed by atoms with Crippen LogP contribution in [-0.2, 0) is 9.53 Å². The van der Waals surface area contributed by atoms with Crippen LogP contribution in [0, 0.1) is 0 Å². The molecular formula is C20H20N2O3. The number of rotatable bonds is 5. The molecule has 1 aliphatic heterocycles. The second-order valence-electron chi connectivity index (χ2n) is 5.61. The lowest BCUT2D eigenvalue weighted by molar-refractivity contribution is -0.126. The second-order valence-corrected chi connectivity index (χ2v) is 5.61. The van der Waals surface area contributed by atoms with E-state index < -0.39 is 6.10 Å². The molecule has 2 aromatic carbocycles. The van der Waals surface area contributed by atoms with Gasteiger partial charge >= 0.3 is 0 Å². The van der Waals surface area contributed by atoms with Crippen molar-refractivity contribution in [3.63, 3.8) is 0 Å². The van der Waals surface area contributed by atoms with Gasteiger partial charge in [-0.3, -0.25) is 4.79 Å². The van der Waals surface area contributed by atoms with Crippen LogP contribution in [0.25, 0.3) is 11.8 Å². The highest BCUT2D eigenvalue weighted by Gasteiger charge is 2.22. The minimum Gasteiger partial charge on any atom is -0.495 e. The summed E-state index contributed by atoms with van der Waals surface area (Å²) in [5.74, 6) is 0.303. The lowest BCUT2D eigenvalue weighted by atomic mass is 10.0. The first-order valence-electron chi connectivity index (χ1n) is 7.87. The van der Waals surface area contributed by atoms with Crippen molar-refractivity contribution < 1.29 is 14.3 Å². The minimum absolute atomic E-state index is 0.260. The van der Waals surface area contributed by atoms with Gasteiger partial charge in [0.15, 0.2) is 6.10 Å². The van der Waals surface area contributed by atoms with Gasteiger partial charge in [0, 0.05) is 24.6 Å². The summed E-state index contributed by atoms with van der Waals surface area (Å²) in [6.07, 6.45) is 3.03. The van der Waals surface area contributed by atoms with Crippen molar-refractivity contribution in [3.05, 3.63) is 71.9 Å². The zero-order valence-electron chi connectivity index (χ0n) is 14.2. The molecule has 2 aromatic rings. The molecule has 3 rings (SSSR count). The first-order chi connectivity index (χ1) is 12.1. The summed E-state index contributed by atoms with van der Waals surface area (Å²) in [4.78, 5) is 12.7. The van der Waals surface area contributed by atoms with Gasteiger partial charge in [0.05, 0.1) is 12.8 Å². The van der Waals surface area contributed by atoms with E-state index in [1.807, 2.05) is 54.7 Å². The fourth-order valence-electron chi connectivity index (χ4n) is 2.79. The number of methoxy groups -OCH3 is 2. The number of carbonyl (C=O) groups is 1. The number of hydrogen-bond acceptors (Lipinski definition) is 4. The zero-order valence-corrected chi connectivity index (χ0v) is 14.2. The predicted octanol–water partition coefficient (Wildman–Crippen LogP) is 3.57. The highest BCUT2D eigenvalue weighted by atomic mass is 16.5. The Bertz CT molecular complexity index is 828. The molecule has 5 heteroatoms. The van der Waals surface area contributed by atoms with Gasteiger partial charge in [0.1, 0.15) is 5.75 Å². The molecule has 0 aromatic heterocycles. The number of anilines is 1. The maximum absolute atomic E-state index is 12.7. The van der Waals surface area contributed by atoms with E-state index in [-0.39, 0.29) is 5.91 Å². The molecule has 0 bridgehead atoms. The molecule has 0 saturated carbocycles. The Morgan fingerprint density at radius 1 is 1.20 bits per heavy atom. The predicted molar refractivity (Wildman–Crippen MR) is 99.0 cm³/mol. The van der Waals surface area contributed by atoms with Gasteiger partial charge in [0.25, 0.3) is 5.91 Å². The number of benzene rings is 2. The average molecular weight is 336 g/mol. The molecule has 1 amide bonds. The fourth-order valence-corrected chi connectivity index (χ4v) is 2.79. The molecular weight excluding hydrogens is 316 g/mol. The largest absolute Gasteiger partial charge is 0.495 e. The Labute approximate surface area is 147 Å². The Hall–Kier alpha value is -3.05. The van der Waals surface area contributed by atoms with Crippen LogP contribution in [0.1, 0.15) is 22.8 Å². The Balaban J connectivity index is 1.91. The van der Waals surface area contributed by atoms with Gasteiger partial charge in [-0.2, -0.15) is 0 Å². The van der Waals surface area contributed by atoms with Gasteiger partial charge in [-0.25, -0.2) is 0 Å². The third-order valence-electron chi connectivity index (χ3n) is 4.05. The van der Waals surface area contributed by atoms with Gasteiger partial charge in [-0.05, 0) is 29.3 Å². The quantitative estimate of drug-likeness (QED) is 0.876. The van der Waals surface area contributed by atoms with Crippen LogP contribution < -0.4 is 15.4 Å². The maximum atomic E-state index is 12.7. The summed E-state index contributed by atoms with van der Waals surface area (Å²) in [6, 6.07) is 13.1. The molecule has 0 saturated heterocycles. The molecule has 128 valence electrons. The third kappa shape index (κ3) is 3.41. The lowest BCUT2D eigenvalue weighted by Gasteiger charge is -2.20. The monoisotopic (exact) mass is 336 g/mol. The van der Waals surface area contributed by atoms with E-state index in [1.54, 1.807) is 7.11 Å². The molecule has 0 radical (unpaired) electrons. The molecule has 1 aliphatic rings. The maximum Gasteiger partial charge on any atom is 0.258 e. The summed E-state index contributed by atoms with van der Waals surface area (Å²) in [6.45, 7) is 3.98.